The second-order valence-electron chi connectivity index (χ2n) is 5.66. The summed E-state index contributed by atoms with van der Waals surface area (Å²) in [4.78, 5) is 14.2. The smallest absolute Gasteiger partial charge is 0.221 e. The summed E-state index contributed by atoms with van der Waals surface area (Å²) < 4.78 is 5.68. The highest BCUT2D eigenvalue weighted by atomic mass is 16.5. The van der Waals surface area contributed by atoms with Gasteiger partial charge in [-0.15, -0.1) is 0 Å². The molecule has 3 N–H and O–H groups in total. The number of nitrogens with two attached hydrogens (primary N) is 1. The molecular formula is C14H27N3O2. The highest BCUT2D eigenvalue weighted by Gasteiger charge is 2.27. The summed E-state index contributed by atoms with van der Waals surface area (Å²) in [6.45, 7) is 5.33. The van der Waals surface area contributed by atoms with Crippen LogP contribution in [0.15, 0.2) is 0 Å². The molecule has 1 amide bonds. The maximum Gasteiger partial charge on any atom is 0.221 e. The molecule has 5 heteroatoms. The van der Waals surface area contributed by atoms with E-state index in [0.29, 0.717) is 25.1 Å². The molecule has 1 saturated heterocycles. The lowest BCUT2D eigenvalue weighted by molar-refractivity contribution is -0.122. The molecule has 0 spiro atoms. The summed E-state index contributed by atoms with van der Waals surface area (Å²) in [7, 11) is 0. The van der Waals surface area contributed by atoms with Crippen molar-refractivity contribution in [3.63, 3.8) is 0 Å². The second kappa shape index (κ2) is 7.22. The van der Waals surface area contributed by atoms with Crippen molar-refractivity contribution in [1.82, 2.24) is 10.2 Å². The zero-order valence-corrected chi connectivity index (χ0v) is 11.9. The van der Waals surface area contributed by atoms with Gasteiger partial charge in [0.25, 0.3) is 0 Å². The van der Waals surface area contributed by atoms with Crippen LogP contribution in [-0.4, -0.2) is 55.2 Å². The fourth-order valence-electron chi connectivity index (χ4n) is 2.68. The predicted molar refractivity (Wildman–Crippen MR) is 74.8 cm³/mol. The molecule has 5 nitrogen and oxygen atoms in total. The third kappa shape index (κ3) is 4.75. The van der Waals surface area contributed by atoms with Gasteiger partial charge in [-0.2, -0.15) is 0 Å². The van der Waals surface area contributed by atoms with Crippen LogP contribution in [0.1, 0.15) is 39.0 Å². The summed E-state index contributed by atoms with van der Waals surface area (Å²) in [5, 5.41) is 3.04. The number of hydrogen-bond acceptors (Lipinski definition) is 4. The van der Waals surface area contributed by atoms with Crippen LogP contribution in [0.4, 0.5) is 0 Å². The van der Waals surface area contributed by atoms with Gasteiger partial charge in [-0.25, -0.2) is 0 Å². The average Bonchev–Trinajstić information content (AvgIpc) is 3.06. The largest absolute Gasteiger partial charge is 0.377 e. The maximum atomic E-state index is 11.9. The maximum absolute atomic E-state index is 11.9. The predicted octanol–water partition coefficient (Wildman–Crippen LogP) is 0.483. The molecule has 0 aromatic heterocycles. The van der Waals surface area contributed by atoms with E-state index >= 15 is 0 Å². The Balaban J connectivity index is 1.79. The number of nitrogens with one attached hydrogen (secondary N) is 1. The zero-order chi connectivity index (χ0) is 13.7. The molecule has 19 heavy (non-hydrogen) atoms. The minimum atomic E-state index is 0.132. The molecule has 2 atom stereocenters. The van der Waals surface area contributed by atoms with Crippen molar-refractivity contribution in [2.45, 2.75) is 57.2 Å². The molecule has 0 aromatic rings. The van der Waals surface area contributed by atoms with Crippen molar-refractivity contribution in [2.24, 2.45) is 5.73 Å². The number of rotatable bonds is 8. The standard InChI is InChI=1S/C14H27N3O2/c1-2-17(10-13-4-3-7-19-13)12(9-15)8-14(18)16-11-5-6-11/h11-13H,2-10,15H2,1H3,(H,16,18). The van der Waals surface area contributed by atoms with Crippen LogP contribution in [0.2, 0.25) is 0 Å². The first-order valence-electron chi connectivity index (χ1n) is 7.58. The topological polar surface area (TPSA) is 67.6 Å². The molecule has 1 aliphatic heterocycles. The van der Waals surface area contributed by atoms with E-state index < -0.39 is 0 Å². The number of carbonyl (C=O) groups excluding carboxylic acids is 1. The molecule has 2 unspecified atom stereocenters. The molecular weight excluding hydrogens is 242 g/mol. The summed E-state index contributed by atoms with van der Waals surface area (Å²) >= 11 is 0. The van der Waals surface area contributed by atoms with Crippen LogP contribution in [0, 0.1) is 0 Å². The molecule has 1 heterocycles. The molecule has 2 rings (SSSR count). The average molecular weight is 269 g/mol. The molecule has 1 aliphatic carbocycles. The summed E-state index contributed by atoms with van der Waals surface area (Å²) in [6, 6.07) is 0.562. The molecule has 1 saturated carbocycles. The minimum Gasteiger partial charge on any atom is -0.377 e. The van der Waals surface area contributed by atoms with Gasteiger partial charge in [-0.3, -0.25) is 9.69 Å². The second-order valence-corrected chi connectivity index (χ2v) is 5.66. The first kappa shape index (κ1) is 14.8. The van der Waals surface area contributed by atoms with E-state index in [0.717, 1.165) is 45.4 Å². The van der Waals surface area contributed by atoms with Crippen molar-refractivity contribution in [2.75, 3.05) is 26.2 Å². The van der Waals surface area contributed by atoms with Crippen LogP contribution >= 0.6 is 0 Å². The highest BCUT2D eigenvalue weighted by molar-refractivity contribution is 5.77. The zero-order valence-electron chi connectivity index (χ0n) is 11.9. The monoisotopic (exact) mass is 269 g/mol. The van der Waals surface area contributed by atoms with Crippen molar-refractivity contribution in [1.29, 1.82) is 0 Å². The van der Waals surface area contributed by atoms with Crippen molar-refractivity contribution < 1.29 is 9.53 Å². The summed E-state index contributed by atoms with van der Waals surface area (Å²) in [5.74, 6) is 0.142. The molecule has 0 radical (unpaired) electrons. The van der Waals surface area contributed by atoms with Gasteiger partial charge in [-0.05, 0) is 32.2 Å². The van der Waals surface area contributed by atoms with E-state index in [1.54, 1.807) is 0 Å². The highest BCUT2D eigenvalue weighted by Crippen LogP contribution is 2.19. The number of ether oxygens (including phenoxy) is 1. The SMILES string of the molecule is CCN(CC1CCCO1)C(CN)CC(=O)NC1CC1. The summed E-state index contributed by atoms with van der Waals surface area (Å²) in [6.07, 6.45) is 5.37. The van der Waals surface area contributed by atoms with Gasteiger partial charge in [-0.1, -0.05) is 6.92 Å². The van der Waals surface area contributed by atoms with E-state index in [1.807, 2.05) is 0 Å². The van der Waals surface area contributed by atoms with Crippen molar-refractivity contribution >= 4 is 5.91 Å². The molecule has 2 fully saturated rings. The number of amides is 1. The first-order valence-corrected chi connectivity index (χ1v) is 7.58. The van der Waals surface area contributed by atoms with E-state index in [2.05, 4.69) is 17.1 Å². The van der Waals surface area contributed by atoms with Crippen molar-refractivity contribution in [3.8, 4) is 0 Å². The third-order valence-corrected chi connectivity index (χ3v) is 4.02. The number of hydrogen-bond donors (Lipinski definition) is 2. The van der Waals surface area contributed by atoms with Gasteiger partial charge in [0.15, 0.2) is 0 Å². The Morgan fingerprint density at radius 3 is 2.79 bits per heavy atom. The lowest BCUT2D eigenvalue weighted by Gasteiger charge is -2.31. The van der Waals surface area contributed by atoms with E-state index in [9.17, 15) is 4.79 Å². The first-order chi connectivity index (χ1) is 9.22. The van der Waals surface area contributed by atoms with Crippen molar-refractivity contribution in [3.05, 3.63) is 0 Å². The van der Waals surface area contributed by atoms with Gasteiger partial charge in [0, 0.05) is 38.2 Å². The lowest BCUT2D eigenvalue weighted by Crippen LogP contribution is -2.47. The Bertz CT molecular complexity index is 288. The number of carbonyl (C=O) groups is 1. The number of likely N-dealkylation sites (N-methyl/N-ethyl adjacent to an activating group) is 1. The van der Waals surface area contributed by atoms with Gasteiger partial charge in [0.05, 0.1) is 6.10 Å². The third-order valence-electron chi connectivity index (χ3n) is 4.02. The van der Waals surface area contributed by atoms with E-state index in [4.69, 9.17) is 10.5 Å². The fourth-order valence-corrected chi connectivity index (χ4v) is 2.68. The molecule has 2 aliphatic rings. The lowest BCUT2D eigenvalue weighted by atomic mass is 10.1. The van der Waals surface area contributed by atoms with Crippen LogP contribution < -0.4 is 11.1 Å². The molecule has 0 aromatic carbocycles. The van der Waals surface area contributed by atoms with Gasteiger partial charge < -0.3 is 15.8 Å². The minimum absolute atomic E-state index is 0.132. The summed E-state index contributed by atoms with van der Waals surface area (Å²) in [5.41, 5.74) is 5.86. The van der Waals surface area contributed by atoms with Crippen LogP contribution in [0.25, 0.3) is 0 Å². The van der Waals surface area contributed by atoms with Crippen LogP contribution in [0.3, 0.4) is 0 Å². The fraction of sp³-hybridized carbons (Fsp3) is 0.929. The Hall–Kier alpha value is -0.650. The number of nitrogens with zero attached hydrogens (tertiary/aromatic N) is 1. The Morgan fingerprint density at radius 2 is 2.26 bits per heavy atom. The Kier molecular flexibility index (Phi) is 5.60. The van der Waals surface area contributed by atoms with E-state index in [-0.39, 0.29) is 11.9 Å². The van der Waals surface area contributed by atoms with Gasteiger partial charge >= 0.3 is 0 Å². The normalized spacial score (nSPS) is 24.7. The van der Waals surface area contributed by atoms with Gasteiger partial charge in [0.1, 0.15) is 0 Å². The Morgan fingerprint density at radius 1 is 1.47 bits per heavy atom. The quantitative estimate of drug-likeness (QED) is 0.673. The Labute approximate surface area is 115 Å². The van der Waals surface area contributed by atoms with Crippen LogP contribution in [0.5, 0.6) is 0 Å². The van der Waals surface area contributed by atoms with Crippen LogP contribution in [-0.2, 0) is 9.53 Å². The van der Waals surface area contributed by atoms with E-state index in [1.165, 1.54) is 0 Å². The molecule has 0 bridgehead atoms. The van der Waals surface area contributed by atoms with Gasteiger partial charge in [0.2, 0.25) is 5.91 Å². The molecule has 110 valence electrons.